The van der Waals surface area contributed by atoms with E-state index < -0.39 is 24.5 Å². The Hall–Kier alpha value is -0.890. The minimum absolute atomic E-state index is 0.318. The first kappa shape index (κ1) is 11.6. The van der Waals surface area contributed by atoms with Crippen LogP contribution >= 0.6 is 0 Å². The highest BCUT2D eigenvalue weighted by atomic mass is 16.6. The molecule has 16 heavy (non-hydrogen) atoms. The van der Waals surface area contributed by atoms with Crippen LogP contribution in [0.1, 0.15) is 6.42 Å². The summed E-state index contributed by atoms with van der Waals surface area (Å²) in [6.45, 7) is 0.687. The zero-order valence-corrected chi connectivity index (χ0v) is 8.74. The highest BCUT2D eigenvalue weighted by Gasteiger charge is 2.46. The number of carbonyl (C=O) groups is 1. The molecule has 0 unspecified atom stereocenters. The average molecular weight is 232 g/mol. The maximum absolute atomic E-state index is 11.5. The molecule has 0 aromatic heterocycles. The Kier molecular flexibility index (Phi) is 3.29. The monoisotopic (exact) mass is 232 g/mol. The minimum Gasteiger partial charge on any atom is -0.394 e. The first-order chi connectivity index (χ1) is 7.65. The molecule has 7 heteroatoms. The van der Waals surface area contributed by atoms with Gasteiger partial charge in [-0.1, -0.05) is 0 Å². The molecule has 0 spiro atoms. The number of aliphatic hydroxyl groups is 3. The van der Waals surface area contributed by atoms with Gasteiger partial charge in [0.15, 0.2) is 6.23 Å². The zero-order chi connectivity index (χ0) is 11.7. The van der Waals surface area contributed by atoms with Gasteiger partial charge in [0.05, 0.1) is 6.61 Å². The Morgan fingerprint density at radius 3 is 2.75 bits per heavy atom. The predicted octanol–water partition coefficient (Wildman–Crippen LogP) is -2.16. The number of hydrogen-bond donors (Lipinski definition) is 4. The van der Waals surface area contributed by atoms with Crippen LogP contribution in [0.3, 0.4) is 0 Å². The number of rotatable bonds is 2. The molecule has 2 aliphatic heterocycles. The summed E-state index contributed by atoms with van der Waals surface area (Å²) < 4.78 is 5.26. The van der Waals surface area contributed by atoms with Crippen molar-refractivity contribution in [3.05, 3.63) is 0 Å². The largest absolute Gasteiger partial charge is 0.394 e. The molecule has 2 rings (SSSR count). The number of aliphatic hydroxyl groups excluding tert-OH is 3. The Morgan fingerprint density at radius 2 is 2.19 bits per heavy atom. The van der Waals surface area contributed by atoms with Crippen molar-refractivity contribution in [2.75, 3.05) is 19.7 Å². The molecule has 0 aromatic rings. The van der Waals surface area contributed by atoms with E-state index in [-0.39, 0.29) is 12.6 Å². The molecule has 4 N–H and O–H groups in total. The highest BCUT2D eigenvalue weighted by Crippen LogP contribution is 2.24. The second kappa shape index (κ2) is 4.54. The predicted molar refractivity (Wildman–Crippen MR) is 52.5 cm³/mol. The summed E-state index contributed by atoms with van der Waals surface area (Å²) in [7, 11) is 0. The fourth-order valence-electron chi connectivity index (χ4n) is 2.03. The molecule has 2 heterocycles. The number of nitrogens with one attached hydrogen (secondary N) is 1. The molecule has 0 saturated carbocycles. The zero-order valence-electron chi connectivity index (χ0n) is 8.74. The van der Waals surface area contributed by atoms with E-state index >= 15 is 0 Å². The Labute approximate surface area is 92.6 Å². The van der Waals surface area contributed by atoms with Gasteiger partial charge in [-0.15, -0.1) is 0 Å². The molecule has 0 aromatic carbocycles. The average Bonchev–Trinajstić information content (AvgIpc) is 2.57. The van der Waals surface area contributed by atoms with Crippen LogP contribution in [0.2, 0.25) is 0 Å². The molecule has 4 atom stereocenters. The van der Waals surface area contributed by atoms with Crippen LogP contribution < -0.4 is 5.32 Å². The van der Waals surface area contributed by atoms with E-state index in [0.29, 0.717) is 13.1 Å². The van der Waals surface area contributed by atoms with Gasteiger partial charge in [0.2, 0.25) is 0 Å². The van der Waals surface area contributed by atoms with Crippen molar-refractivity contribution in [2.45, 2.75) is 31.0 Å². The summed E-state index contributed by atoms with van der Waals surface area (Å²) >= 11 is 0. The molecule has 2 fully saturated rings. The third-order valence-electron chi connectivity index (χ3n) is 2.94. The van der Waals surface area contributed by atoms with Gasteiger partial charge in [-0.2, -0.15) is 0 Å². The van der Waals surface area contributed by atoms with Gasteiger partial charge in [-0.3, -0.25) is 4.90 Å². The lowest BCUT2D eigenvalue weighted by Crippen LogP contribution is -2.54. The number of ether oxygens (including phenoxy) is 1. The van der Waals surface area contributed by atoms with Crippen LogP contribution in [-0.4, -0.2) is 70.5 Å². The van der Waals surface area contributed by atoms with Crippen LogP contribution in [0.15, 0.2) is 0 Å². The molecule has 2 amide bonds. The van der Waals surface area contributed by atoms with Gasteiger partial charge in [0.1, 0.15) is 18.3 Å². The molecule has 2 aliphatic rings. The Bertz CT molecular complexity index is 275. The molecular weight excluding hydrogens is 216 g/mol. The third kappa shape index (κ3) is 1.86. The molecule has 0 aliphatic carbocycles. The van der Waals surface area contributed by atoms with Gasteiger partial charge in [-0.25, -0.2) is 4.79 Å². The van der Waals surface area contributed by atoms with E-state index in [1.807, 2.05) is 0 Å². The van der Waals surface area contributed by atoms with Crippen LogP contribution in [0.5, 0.6) is 0 Å². The van der Waals surface area contributed by atoms with Crippen molar-refractivity contribution in [3.63, 3.8) is 0 Å². The fraction of sp³-hybridized carbons (Fsp3) is 0.889. The Morgan fingerprint density at radius 1 is 1.44 bits per heavy atom. The first-order valence-electron chi connectivity index (χ1n) is 5.32. The minimum atomic E-state index is -1.18. The van der Waals surface area contributed by atoms with Crippen LogP contribution in [0, 0.1) is 0 Å². The van der Waals surface area contributed by atoms with Crippen molar-refractivity contribution in [1.29, 1.82) is 0 Å². The number of hydrogen-bond acceptors (Lipinski definition) is 5. The molecule has 0 bridgehead atoms. The lowest BCUT2D eigenvalue weighted by molar-refractivity contribution is -0.0818. The number of carbonyl (C=O) groups excluding carboxylic acids is 1. The van der Waals surface area contributed by atoms with Gasteiger partial charge in [0.25, 0.3) is 0 Å². The lowest BCUT2D eigenvalue weighted by Gasteiger charge is -2.33. The van der Waals surface area contributed by atoms with Crippen LogP contribution in [0.25, 0.3) is 0 Å². The summed E-state index contributed by atoms with van der Waals surface area (Å²) in [6, 6.07) is -0.318. The second-order valence-electron chi connectivity index (χ2n) is 4.01. The summed E-state index contributed by atoms with van der Waals surface area (Å²) in [5, 5.41) is 30.8. The van der Waals surface area contributed by atoms with E-state index in [4.69, 9.17) is 9.84 Å². The van der Waals surface area contributed by atoms with E-state index in [1.165, 1.54) is 4.90 Å². The van der Waals surface area contributed by atoms with E-state index in [1.54, 1.807) is 0 Å². The molecule has 7 nitrogen and oxygen atoms in total. The third-order valence-corrected chi connectivity index (χ3v) is 2.94. The summed E-state index contributed by atoms with van der Waals surface area (Å²) in [5.74, 6) is 0. The smallest absolute Gasteiger partial charge is 0.319 e. The molecule has 2 saturated heterocycles. The lowest BCUT2D eigenvalue weighted by atomic mass is 10.1. The highest BCUT2D eigenvalue weighted by molar-refractivity contribution is 5.75. The molecule has 92 valence electrons. The normalized spacial score (nSPS) is 39.9. The first-order valence-corrected chi connectivity index (χ1v) is 5.32. The standard InChI is InChI=1S/C9H16N2O5/c12-4-5-6(13)7(14)8(16-5)11-3-1-2-10-9(11)15/h5-8,12-14H,1-4H2,(H,10,15)/t5-,6+,7-,8+/m0/s1. The van der Waals surface area contributed by atoms with Crippen molar-refractivity contribution in [2.24, 2.45) is 0 Å². The topological polar surface area (TPSA) is 102 Å². The van der Waals surface area contributed by atoms with Crippen molar-refractivity contribution >= 4 is 6.03 Å². The van der Waals surface area contributed by atoms with E-state index in [2.05, 4.69) is 5.32 Å². The van der Waals surface area contributed by atoms with E-state index in [0.717, 1.165) is 6.42 Å². The van der Waals surface area contributed by atoms with Crippen molar-refractivity contribution in [1.82, 2.24) is 10.2 Å². The van der Waals surface area contributed by atoms with Crippen molar-refractivity contribution < 1.29 is 24.9 Å². The summed E-state index contributed by atoms with van der Waals surface area (Å²) in [6.07, 6.45) is -3.30. The fourth-order valence-corrected chi connectivity index (χ4v) is 2.03. The maximum atomic E-state index is 11.5. The molecule has 0 radical (unpaired) electrons. The quantitative estimate of drug-likeness (QED) is 0.434. The maximum Gasteiger partial charge on any atom is 0.319 e. The van der Waals surface area contributed by atoms with Gasteiger partial charge in [-0.05, 0) is 6.42 Å². The van der Waals surface area contributed by atoms with E-state index in [9.17, 15) is 15.0 Å². The summed E-state index contributed by atoms with van der Waals surface area (Å²) in [4.78, 5) is 12.8. The number of amides is 2. The number of nitrogens with zero attached hydrogens (tertiary/aromatic N) is 1. The van der Waals surface area contributed by atoms with Crippen molar-refractivity contribution in [3.8, 4) is 0 Å². The summed E-state index contributed by atoms with van der Waals surface area (Å²) in [5.41, 5.74) is 0. The van der Waals surface area contributed by atoms with Gasteiger partial charge < -0.3 is 25.4 Å². The second-order valence-corrected chi connectivity index (χ2v) is 4.01. The SMILES string of the molecule is O=C1NCCCN1[C@@H]1O[C@@H](CO)[C@@H](O)[C@@H]1O. The van der Waals surface area contributed by atoms with Crippen LogP contribution in [-0.2, 0) is 4.74 Å². The van der Waals surface area contributed by atoms with Gasteiger partial charge >= 0.3 is 6.03 Å². The molecular formula is C9H16N2O5. The van der Waals surface area contributed by atoms with Gasteiger partial charge in [0, 0.05) is 13.1 Å². The number of urea groups is 1. The Balaban J connectivity index is 2.06. The van der Waals surface area contributed by atoms with Crippen LogP contribution in [0.4, 0.5) is 4.79 Å².